The molecule has 0 atom stereocenters. The van der Waals surface area contributed by atoms with Crippen molar-refractivity contribution in [2.75, 3.05) is 5.75 Å². The molecule has 32 heavy (non-hydrogen) atoms. The van der Waals surface area contributed by atoms with Gasteiger partial charge in [-0.05, 0) is 39.9 Å². The van der Waals surface area contributed by atoms with E-state index in [4.69, 9.17) is 14.3 Å². The highest BCUT2D eigenvalue weighted by Crippen LogP contribution is 2.36. The number of H-pyrrole nitrogens is 1. The number of benzene rings is 1. The van der Waals surface area contributed by atoms with Crippen LogP contribution in [0.2, 0.25) is 0 Å². The number of thioether (sulfide) groups is 1. The third-order valence-electron chi connectivity index (χ3n) is 6.44. The zero-order valence-electron chi connectivity index (χ0n) is 18.6. The normalized spacial score (nSPS) is 19.1. The fraction of sp³-hybridized carbons (Fsp3) is 0.391. The highest BCUT2D eigenvalue weighted by Gasteiger charge is 2.51. The Morgan fingerprint density at radius 1 is 1.00 bits per heavy atom. The topological polar surface area (TPSA) is 90.0 Å². The van der Waals surface area contributed by atoms with Crippen LogP contribution in [-0.4, -0.2) is 44.0 Å². The van der Waals surface area contributed by atoms with E-state index in [1.54, 1.807) is 24.2 Å². The van der Waals surface area contributed by atoms with Crippen molar-refractivity contribution in [2.45, 2.75) is 51.1 Å². The smallest absolute Gasteiger partial charge is 0.399 e. The molecule has 1 aromatic carbocycles. The second kappa shape index (κ2) is 7.83. The van der Waals surface area contributed by atoms with Gasteiger partial charge in [-0.3, -0.25) is 4.79 Å². The van der Waals surface area contributed by atoms with Gasteiger partial charge in [0.2, 0.25) is 0 Å². The molecule has 1 fully saturated rings. The Kier molecular flexibility index (Phi) is 5.23. The summed E-state index contributed by atoms with van der Waals surface area (Å²) in [6.07, 6.45) is 4.33. The number of nitrogens with one attached hydrogen (secondary N) is 1. The summed E-state index contributed by atoms with van der Waals surface area (Å²) in [5.41, 5.74) is 3.39. The Morgan fingerprint density at radius 2 is 1.62 bits per heavy atom. The first-order chi connectivity index (χ1) is 15.2. The minimum absolute atomic E-state index is 0.0390. The highest BCUT2D eigenvalue weighted by molar-refractivity contribution is 7.98. The van der Waals surface area contributed by atoms with Gasteiger partial charge < -0.3 is 14.3 Å². The zero-order valence-corrected chi connectivity index (χ0v) is 19.5. The molecule has 9 heteroatoms. The summed E-state index contributed by atoms with van der Waals surface area (Å²) in [7, 11) is -0.485. The quantitative estimate of drug-likeness (QED) is 0.616. The van der Waals surface area contributed by atoms with Gasteiger partial charge in [-0.2, -0.15) is 11.8 Å². The van der Waals surface area contributed by atoms with Crippen molar-refractivity contribution >= 4 is 24.3 Å². The Morgan fingerprint density at radius 3 is 2.28 bits per heavy atom. The lowest BCUT2D eigenvalue weighted by atomic mass is 9.81. The van der Waals surface area contributed by atoms with Crippen molar-refractivity contribution in [3.8, 4) is 22.8 Å². The van der Waals surface area contributed by atoms with Crippen LogP contribution in [0.5, 0.6) is 0 Å². The van der Waals surface area contributed by atoms with Gasteiger partial charge >= 0.3 is 7.12 Å². The number of aromatic nitrogens is 4. The Hall–Kier alpha value is -2.49. The number of aromatic amines is 1. The molecule has 1 N–H and O–H groups in total. The lowest BCUT2D eigenvalue weighted by Gasteiger charge is -2.32. The second-order valence-corrected chi connectivity index (χ2v) is 10.3. The lowest BCUT2D eigenvalue weighted by molar-refractivity contribution is 0.00578. The van der Waals surface area contributed by atoms with Crippen molar-refractivity contribution in [1.82, 2.24) is 19.9 Å². The molecule has 0 amide bonds. The van der Waals surface area contributed by atoms with Crippen LogP contribution in [0.25, 0.3) is 22.8 Å². The molecule has 5 rings (SSSR count). The van der Waals surface area contributed by atoms with Crippen LogP contribution >= 0.6 is 11.8 Å². The Balaban J connectivity index is 1.36. The van der Waals surface area contributed by atoms with E-state index < -0.39 is 18.3 Å². The molecule has 2 aliphatic heterocycles. The number of hydrogen-bond acceptors (Lipinski definition) is 7. The number of rotatable bonds is 3. The summed E-state index contributed by atoms with van der Waals surface area (Å²) >= 11 is 1.77. The molecule has 0 spiro atoms. The van der Waals surface area contributed by atoms with Gasteiger partial charge in [0.25, 0.3) is 5.56 Å². The predicted octanol–water partition coefficient (Wildman–Crippen LogP) is 2.98. The summed E-state index contributed by atoms with van der Waals surface area (Å²) in [6.45, 7) is 8.08. The van der Waals surface area contributed by atoms with Gasteiger partial charge in [-0.15, -0.1) is 0 Å². The summed E-state index contributed by atoms with van der Waals surface area (Å²) in [4.78, 5) is 29.1. The molecular weight excluding hydrogens is 423 g/mol. The van der Waals surface area contributed by atoms with Gasteiger partial charge in [0.05, 0.1) is 16.9 Å². The summed E-state index contributed by atoms with van der Waals surface area (Å²) in [5.74, 6) is 2.95. The van der Waals surface area contributed by atoms with Gasteiger partial charge in [0, 0.05) is 40.3 Å². The molecule has 164 valence electrons. The molecule has 0 bridgehead atoms. The molecule has 0 aliphatic carbocycles. The highest BCUT2D eigenvalue weighted by atomic mass is 32.2. The molecule has 2 aliphatic rings. The maximum absolute atomic E-state index is 12.4. The van der Waals surface area contributed by atoms with Crippen molar-refractivity contribution in [3.05, 3.63) is 58.3 Å². The number of nitrogens with zero attached hydrogens (tertiary/aromatic N) is 3. The minimum atomic E-state index is -0.485. The maximum Gasteiger partial charge on any atom is 0.498 e. The van der Waals surface area contributed by atoms with E-state index in [2.05, 4.69) is 15.0 Å². The maximum atomic E-state index is 12.4. The fourth-order valence-electron chi connectivity index (χ4n) is 3.74. The van der Waals surface area contributed by atoms with Crippen molar-refractivity contribution in [3.63, 3.8) is 0 Å². The molecule has 7 nitrogen and oxygen atoms in total. The molecule has 2 aromatic heterocycles. The summed E-state index contributed by atoms with van der Waals surface area (Å²) in [6, 6.07) is 7.75. The van der Waals surface area contributed by atoms with E-state index in [9.17, 15) is 4.79 Å². The lowest BCUT2D eigenvalue weighted by Crippen LogP contribution is -2.41. The molecule has 4 heterocycles. The van der Waals surface area contributed by atoms with Gasteiger partial charge in [-0.1, -0.05) is 24.3 Å². The van der Waals surface area contributed by atoms with E-state index in [0.717, 1.165) is 45.8 Å². The van der Waals surface area contributed by atoms with Crippen LogP contribution in [0.3, 0.4) is 0 Å². The third-order valence-corrected chi connectivity index (χ3v) is 7.43. The van der Waals surface area contributed by atoms with E-state index in [1.165, 1.54) is 0 Å². The van der Waals surface area contributed by atoms with Crippen molar-refractivity contribution < 1.29 is 9.31 Å². The standard InChI is InChI=1S/C23H25BN4O3S/c1-22(2)23(3,4)31-24(30-22)16-11-25-19(26-12-16)14-5-7-15(8-6-14)20-27-18-9-10-32-13-17(18)21(29)28-20/h5-8,11-12H,9-10,13H2,1-4H3,(H,27,28,29). The molecule has 3 aromatic rings. The zero-order chi connectivity index (χ0) is 22.5. The second-order valence-electron chi connectivity index (χ2n) is 9.15. The van der Waals surface area contributed by atoms with Crippen LogP contribution in [0.15, 0.2) is 41.5 Å². The molecule has 0 unspecified atom stereocenters. The predicted molar refractivity (Wildman–Crippen MR) is 127 cm³/mol. The summed E-state index contributed by atoms with van der Waals surface area (Å²) < 4.78 is 12.1. The fourth-order valence-corrected chi connectivity index (χ4v) is 4.73. The van der Waals surface area contributed by atoms with Gasteiger partial charge in [-0.25, -0.2) is 15.0 Å². The first kappa shape index (κ1) is 21.4. The number of hydrogen-bond donors (Lipinski definition) is 1. The Labute approximate surface area is 191 Å². The van der Waals surface area contributed by atoms with E-state index in [-0.39, 0.29) is 5.56 Å². The SMILES string of the molecule is CC1(C)OB(c2cnc(-c3ccc(-c4nc5c(c(=O)[nH]4)CSCC5)cc3)nc2)OC1(C)C. The number of aryl methyl sites for hydroxylation is 1. The average molecular weight is 448 g/mol. The van der Waals surface area contributed by atoms with E-state index in [1.807, 2.05) is 52.0 Å². The van der Waals surface area contributed by atoms with Crippen LogP contribution in [0.4, 0.5) is 0 Å². The monoisotopic (exact) mass is 448 g/mol. The van der Waals surface area contributed by atoms with Crippen LogP contribution in [0.1, 0.15) is 39.0 Å². The van der Waals surface area contributed by atoms with Crippen LogP contribution < -0.4 is 11.0 Å². The first-order valence-electron chi connectivity index (χ1n) is 10.7. The van der Waals surface area contributed by atoms with Crippen LogP contribution in [0, 0.1) is 0 Å². The van der Waals surface area contributed by atoms with Crippen molar-refractivity contribution in [1.29, 1.82) is 0 Å². The molecule has 1 saturated heterocycles. The van der Waals surface area contributed by atoms with Crippen LogP contribution in [-0.2, 0) is 21.5 Å². The molecule has 0 saturated carbocycles. The molecular formula is C23H25BN4O3S. The number of fused-ring (bicyclic) bond motifs is 1. The van der Waals surface area contributed by atoms with E-state index in [0.29, 0.717) is 11.6 Å². The molecule has 0 radical (unpaired) electrons. The average Bonchev–Trinajstić information content (AvgIpc) is 3.01. The van der Waals surface area contributed by atoms with Crippen molar-refractivity contribution in [2.24, 2.45) is 0 Å². The summed E-state index contributed by atoms with van der Waals surface area (Å²) in [5, 5.41) is 0. The Bertz CT molecular complexity index is 1190. The largest absolute Gasteiger partial charge is 0.498 e. The van der Waals surface area contributed by atoms with E-state index >= 15 is 0 Å². The third kappa shape index (κ3) is 3.78. The van der Waals surface area contributed by atoms with Gasteiger partial charge in [0.15, 0.2) is 5.82 Å². The first-order valence-corrected chi connectivity index (χ1v) is 11.9. The van der Waals surface area contributed by atoms with Gasteiger partial charge in [0.1, 0.15) is 5.82 Å². The minimum Gasteiger partial charge on any atom is -0.399 e.